The Morgan fingerprint density at radius 3 is 2.30 bits per heavy atom. The topological polar surface area (TPSA) is 84.2 Å². The number of anilines is 1. The van der Waals surface area contributed by atoms with E-state index in [1.807, 2.05) is 73.1 Å². The van der Waals surface area contributed by atoms with E-state index in [0.29, 0.717) is 25.8 Å². The molecule has 6 heteroatoms. The van der Waals surface area contributed by atoms with Crippen molar-refractivity contribution < 1.29 is 14.7 Å². The second-order valence-electron chi connectivity index (χ2n) is 7.43. The summed E-state index contributed by atoms with van der Waals surface area (Å²) >= 11 is 0. The van der Waals surface area contributed by atoms with Crippen LogP contribution in [-0.4, -0.2) is 26.8 Å². The molecule has 2 aromatic carbocycles. The van der Waals surface area contributed by atoms with Crippen LogP contribution in [0.25, 0.3) is 0 Å². The van der Waals surface area contributed by atoms with Crippen molar-refractivity contribution in [3.8, 4) is 0 Å². The van der Waals surface area contributed by atoms with Crippen LogP contribution in [-0.2, 0) is 29.0 Å². The number of aryl methyl sites for hydroxylation is 2. The van der Waals surface area contributed by atoms with Crippen LogP contribution >= 0.6 is 0 Å². The molecule has 30 heavy (non-hydrogen) atoms. The fourth-order valence-electron chi connectivity index (χ4n) is 3.47. The molecular formula is C24H27N3O3. The number of aromatic nitrogens is 2. The monoisotopic (exact) mass is 405 g/mol. The Kier molecular flexibility index (Phi) is 7.01. The van der Waals surface area contributed by atoms with E-state index in [1.165, 1.54) is 0 Å². The van der Waals surface area contributed by atoms with E-state index in [1.54, 1.807) is 0 Å². The van der Waals surface area contributed by atoms with Crippen molar-refractivity contribution in [1.29, 1.82) is 0 Å². The maximum Gasteiger partial charge on any atom is 0.303 e. The SMILES string of the molecule is Cc1nn(Cc2ccc(NC(=O)CCc3ccccc3)cc2)c(C)c1CCC(=O)O. The Labute approximate surface area is 176 Å². The molecule has 0 bridgehead atoms. The van der Waals surface area contributed by atoms with Crippen LogP contribution < -0.4 is 5.32 Å². The van der Waals surface area contributed by atoms with Crippen molar-refractivity contribution in [2.75, 3.05) is 5.32 Å². The first-order chi connectivity index (χ1) is 14.4. The van der Waals surface area contributed by atoms with E-state index in [2.05, 4.69) is 10.4 Å². The van der Waals surface area contributed by atoms with Gasteiger partial charge in [-0.1, -0.05) is 42.5 Å². The molecule has 0 saturated carbocycles. The smallest absolute Gasteiger partial charge is 0.303 e. The average molecular weight is 405 g/mol. The van der Waals surface area contributed by atoms with Crippen LogP contribution in [0, 0.1) is 13.8 Å². The summed E-state index contributed by atoms with van der Waals surface area (Å²) in [6, 6.07) is 17.7. The number of hydrogen-bond acceptors (Lipinski definition) is 3. The van der Waals surface area contributed by atoms with Crippen molar-refractivity contribution in [2.24, 2.45) is 0 Å². The van der Waals surface area contributed by atoms with Crippen LogP contribution in [0.15, 0.2) is 54.6 Å². The predicted octanol–water partition coefficient (Wildman–Crippen LogP) is 4.14. The molecule has 0 radical (unpaired) electrons. The largest absolute Gasteiger partial charge is 0.481 e. The van der Waals surface area contributed by atoms with Gasteiger partial charge >= 0.3 is 5.97 Å². The first-order valence-electron chi connectivity index (χ1n) is 10.1. The number of benzene rings is 2. The molecule has 0 saturated heterocycles. The van der Waals surface area contributed by atoms with Crippen LogP contribution in [0.2, 0.25) is 0 Å². The average Bonchev–Trinajstić information content (AvgIpc) is 2.99. The Morgan fingerprint density at radius 2 is 1.63 bits per heavy atom. The molecule has 0 aliphatic rings. The number of aliphatic carboxylic acids is 1. The van der Waals surface area contributed by atoms with Crippen molar-refractivity contribution in [3.63, 3.8) is 0 Å². The summed E-state index contributed by atoms with van der Waals surface area (Å²) in [7, 11) is 0. The number of hydrogen-bond donors (Lipinski definition) is 2. The number of carbonyl (C=O) groups is 2. The summed E-state index contributed by atoms with van der Waals surface area (Å²) < 4.78 is 1.90. The van der Waals surface area contributed by atoms with E-state index >= 15 is 0 Å². The summed E-state index contributed by atoms with van der Waals surface area (Å²) in [5.41, 5.74) is 5.85. The lowest BCUT2D eigenvalue weighted by Crippen LogP contribution is -2.12. The number of carboxylic acids is 1. The van der Waals surface area contributed by atoms with E-state index in [9.17, 15) is 9.59 Å². The lowest BCUT2D eigenvalue weighted by molar-refractivity contribution is -0.137. The van der Waals surface area contributed by atoms with Crippen LogP contribution in [0.5, 0.6) is 0 Å². The summed E-state index contributed by atoms with van der Waals surface area (Å²) in [5.74, 6) is -0.809. The van der Waals surface area contributed by atoms with Crippen molar-refractivity contribution >= 4 is 17.6 Å². The third-order valence-corrected chi connectivity index (χ3v) is 5.17. The number of nitrogens with one attached hydrogen (secondary N) is 1. The Hall–Kier alpha value is -3.41. The summed E-state index contributed by atoms with van der Waals surface area (Å²) in [5, 5.41) is 16.4. The van der Waals surface area contributed by atoms with Gasteiger partial charge in [0.2, 0.25) is 5.91 Å². The summed E-state index contributed by atoms with van der Waals surface area (Å²) in [6.07, 6.45) is 1.75. The zero-order valence-electron chi connectivity index (χ0n) is 17.4. The number of amides is 1. The maximum atomic E-state index is 12.2. The van der Waals surface area contributed by atoms with Crippen molar-refractivity contribution in [2.45, 2.75) is 46.1 Å². The van der Waals surface area contributed by atoms with Gasteiger partial charge in [0, 0.05) is 24.2 Å². The third kappa shape index (κ3) is 5.80. The van der Waals surface area contributed by atoms with Crippen LogP contribution in [0.4, 0.5) is 5.69 Å². The van der Waals surface area contributed by atoms with Gasteiger partial charge in [-0.05, 0) is 55.5 Å². The van der Waals surface area contributed by atoms with E-state index in [-0.39, 0.29) is 12.3 Å². The molecule has 1 aromatic heterocycles. The molecule has 0 unspecified atom stereocenters. The fourth-order valence-corrected chi connectivity index (χ4v) is 3.47. The van der Waals surface area contributed by atoms with Gasteiger partial charge in [0.05, 0.1) is 12.2 Å². The number of nitrogens with zero attached hydrogens (tertiary/aromatic N) is 2. The molecule has 6 nitrogen and oxygen atoms in total. The van der Waals surface area contributed by atoms with Gasteiger partial charge < -0.3 is 10.4 Å². The minimum atomic E-state index is -0.803. The summed E-state index contributed by atoms with van der Waals surface area (Å²) in [6.45, 7) is 4.48. The second-order valence-corrected chi connectivity index (χ2v) is 7.43. The molecule has 0 atom stereocenters. The highest BCUT2D eigenvalue weighted by Crippen LogP contribution is 2.18. The van der Waals surface area contributed by atoms with Gasteiger partial charge in [-0.15, -0.1) is 0 Å². The standard InChI is InChI=1S/C24H27N3O3/c1-17-22(13-15-24(29)30)18(2)27(26-17)16-20-8-11-21(12-9-20)25-23(28)14-10-19-6-4-3-5-7-19/h3-9,11-12H,10,13-16H2,1-2H3,(H,25,28)(H,29,30). The fraction of sp³-hybridized carbons (Fsp3) is 0.292. The number of carbonyl (C=O) groups excluding carboxylic acids is 1. The Bertz CT molecular complexity index is 1010. The number of rotatable bonds is 9. The molecule has 0 aliphatic heterocycles. The first kappa shape index (κ1) is 21.3. The lowest BCUT2D eigenvalue weighted by Gasteiger charge is -2.08. The third-order valence-electron chi connectivity index (χ3n) is 5.17. The van der Waals surface area contributed by atoms with Gasteiger partial charge in [-0.25, -0.2) is 0 Å². The molecular weight excluding hydrogens is 378 g/mol. The van der Waals surface area contributed by atoms with Crippen LogP contribution in [0.1, 0.15) is 40.9 Å². The highest BCUT2D eigenvalue weighted by molar-refractivity contribution is 5.90. The van der Waals surface area contributed by atoms with E-state index < -0.39 is 5.97 Å². The van der Waals surface area contributed by atoms with Crippen molar-refractivity contribution in [3.05, 3.63) is 82.7 Å². The molecule has 1 heterocycles. The highest BCUT2D eigenvalue weighted by Gasteiger charge is 2.13. The minimum Gasteiger partial charge on any atom is -0.481 e. The van der Waals surface area contributed by atoms with Gasteiger partial charge in [0.1, 0.15) is 0 Å². The minimum absolute atomic E-state index is 0.00628. The van der Waals surface area contributed by atoms with Gasteiger partial charge in [0.15, 0.2) is 0 Å². The quantitative estimate of drug-likeness (QED) is 0.560. The van der Waals surface area contributed by atoms with Gasteiger partial charge in [-0.2, -0.15) is 5.10 Å². The molecule has 0 aliphatic carbocycles. The number of carboxylic acid groups (broad SMARTS) is 1. The van der Waals surface area contributed by atoms with Crippen molar-refractivity contribution in [1.82, 2.24) is 9.78 Å². The zero-order chi connectivity index (χ0) is 21.5. The normalized spacial score (nSPS) is 10.7. The maximum absolute atomic E-state index is 12.2. The van der Waals surface area contributed by atoms with E-state index in [0.717, 1.165) is 33.8 Å². The van der Waals surface area contributed by atoms with Crippen LogP contribution in [0.3, 0.4) is 0 Å². The Balaban J connectivity index is 1.56. The first-order valence-corrected chi connectivity index (χ1v) is 10.1. The molecule has 0 spiro atoms. The molecule has 3 aromatic rings. The molecule has 0 fully saturated rings. The van der Waals surface area contributed by atoms with E-state index in [4.69, 9.17) is 5.11 Å². The molecule has 156 valence electrons. The summed E-state index contributed by atoms with van der Waals surface area (Å²) in [4.78, 5) is 23.0. The second kappa shape index (κ2) is 9.87. The zero-order valence-corrected chi connectivity index (χ0v) is 17.4. The predicted molar refractivity (Wildman–Crippen MR) is 117 cm³/mol. The van der Waals surface area contributed by atoms with Gasteiger partial charge in [-0.3, -0.25) is 14.3 Å². The highest BCUT2D eigenvalue weighted by atomic mass is 16.4. The molecule has 1 amide bonds. The van der Waals surface area contributed by atoms with Gasteiger partial charge in [0.25, 0.3) is 0 Å². The molecule has 2 N–H and O–H groups in total. The molecule has 3 rings (SSSR count). The Morgan fingerprint density at radius 1 is 0.933 bits per heavy atom. The lowest BCUT2D eigenvalue weighted by atomic mass is 10.1.